The van der Waals surface area contributed by atoms with Gasteiger partial charge in [0.05, 0.1) is 11.1 Å². The number of carbonyl (C=O) groups excluding carboxylic acids is 1. The van der Waals surface area contributed by atoms with Crippen LogP contribution in [-0.2, 0) is 6.18 Å². The third-order valence-corrected chi connectivity index (χ3v) is 1.98. The van der Waals surface area contributed by atoms with Crippen molar-refractivity contribution < 1.29 is 35.9 Å². The maximum Gasteiger partial charge on any atom is 0.419 e. The highest BCUT2D eigenvalue weighted by Crippen LogP contribution is 2.36. The standard InChI is InChI=1S/C10H6F6O2/c1-4(17)7-6(18-9(12)13)3-2-5(8(7)11)10(14,15)16/h2-3,9H,1H3. The molecule has 0 aliphatic carbocycles. The van der Waals surface area contributed by atoms with Crippen LogP contribution in [0.25, 0.3) is 0 Å². The number of carbonyl (C=O) groups is 1. The summed E-state index contributed by atoms with van der Waals surface area (Å²) in [6, 6.07) is 0.717. The van der Waals surface area contributed by atoms with E-state index in [1.165, 1.54) is 0 Å². The number of hydrogen-bond acceptors (Lipinski definition) is 2. The lowest BCUT2D eigenvalue weighted by molar-refractivity contribution is -0.140. The first kappa shape index (κ1) is 14.3. The van der Waals surface area contributed by atoms with E-state index < -0.39 is 41.3 Å². The van der Waals surface area contributed by atoms with Crippen molar-refractivity contribution in [2.45, 2.75) is 19.7 Å². The Kier molecular flexibility index (Phi) is 3.88. The topological polar surface area (TPSA) is 26.3 Å². The van der Waals surface area contributed by atoms with Crippen LogP contribution in [0.15, 0.2) is 12.1 Å². The Bertz CT molecular complexity index is 466. The molecule has 0 heterocycles. The van der Waals surface area contributed by atoms with E-state index in [4.69, 9.17) is 0 Å². The average Bonchev–Trinajstić information content (AvgIpc) is 2.13. The molecule has 0 bridgehead atoms. The Morgan fingerprint density at radius 1 is 1.28 bits per heavy atom. The molecule has 0 spiro atoms. The Labute approximate surface area is 97.2 Å². The molecule has 0 aliphatic rings. The minimum Gasteiger partial charge on any atom is -0.434 e. The van der Waals surface area contributed by atoms with Gasteiger partial charge in [-0.2, -0.15) is 22.0 Å². The molecule has 0 unspecified atom stereocenters. The van der Waals surface area contributed by atoms with Crippen LogP contribution < -0.4 is 4.74 Å². The van der Waals surface area contributed by atoms with E-state index in [2.05, 4.69) is 4.74 Å². The van der Waals surface area contributed by atoms with Crippen LogP contribution in [0.5, 0.6) is 5.75 Å². The fourth-order valence-electron chi connectivity index (χ4n) is 1.30. The zero-order valence-corrected chi connectivity index (χ0v) is 8.82. The highest BCUT2D eigenvalue weighted by atomic mass is 19.4. The van der Waals surface area contributed by atoms with Crippen LogP contribution in [0.1, 0.15) is 22.8 Å². The van der Waals surface area contributed by atoms with Crippen molar-refractivity contribution in [3.05, 3.63) is 29.1 Å². The molecule has 1 rings (SSSR count). The second-order valence-electron chi connectivity index (χ2n) is 3.23. The maximum atomic E-state index is 13.5. The zero-order chi connectivity index (χ0) is 14.1. The molecule has 1 aromatic carbocycles. The molecule has 0 fully saturated rings. The molecule has 0 amide bonds. The van der Waals surface area contributed by atoms with Gasteiger partial charge in [-0.15, -0.1) is 0 Å². The minimum absolute atomic E-state index is 0.236. The lowest BCUT2D eigenvalue weighted by Gasteiger charge is -2.14. The van der Waals surface area contributed by atoms with E-state index in [1.807, 2.05) is 0 Å². The summed E-state index contributed by atoms with van der Waals surface area (Å²) in [5, 5.41) is 0. The average molecular weight is 272 g/mol. The number of alkyl halides is 5. The molecule has 18 heavy (non-hydrogen) atoms. The first-order valence-electron chi connectivity index (χ1n) is 4.50. The highest BCUT2D eigenvalue weighted by molar-refractivity contribution is 5.97. The van der Waals surface area contributed by atoms with Crippen molar-refractivity contribution in [1.29, 1.82) is 0 Å². The van der Waals surface area contributed by atoms with Crippen molar-refractivity contribution >= 4 is 5.78 Å². The molecule has 2 nitrogen and oxygen atoms in total. The molecule has 0 aliphatic heterocycles. The Balaban J connectivity index is 3.43. The van der Waals surface area contributed by atoms with Gasteiger partial charge >= 0.3 is 12.8 Å². The van der Waals surface area contributed by atoms with E-state index in [0.717, 1.165) is 6.92 Å². The molecule has 8 heteroatoms. The van der Waals surface area contributed by atoms with Gasteiger partial charge in [-0.3, -0.25) is 4.79 Å². The predicted molar refractivity (Wildman–Crippen MR) is 48.0 cm³/mol. The summed E-state index contributed by atoms with van der Waals surface area (Å²) in [5.41, 5.74) is -2.86. The molecule has 0 N–H and O–H groups in total. The second kappa shape index (κ2) is 4.87. The zero-order valence-electron chi connectivity index (χ0n) is 8.82. The van der Waals surface area contributed by atoms with E-state index >= 15 is 0 Å². The van der Waals surface area contributed by atoms with E-state index in [9.17, 15) is 31.1 Å². The summed E-state index contributed by atoms with van der Waals surface area (Å²) in [4.78, 5) is 11.0. The molecular weight excluding hydrogens is 266 g/mol. The van der Waals surface area contributed by atoms with Gasteiger partial charge in [0.25, 0.3) is 0 Å². The van der Waals surface area contributed by atoms with Crippen LogP contribution in [0.4, 0.5) is 26.3 Å². The molecule has 1 aromatic rings. The molecule has 0 atom stereocenters. The summed E-state index contributed by atoms with van der Waals surface area (Å²) in [7, 11) is 0. The predicted octanol–water partition coefficient (Wildman–Crippen LogP) is 3.65. The normalized spacial score (nSPS) is 11.8. The SMILES string of the molecule is CC(=O)c1c(OC(F)F)ccc(C(F)(F)F)c1F. The molecule has 100 valence electrons. The third-order valence-electron chi connectivity index (χ3n) is 1.98. The number of halogens is 6. The van der Waals surface area contributed by atoms with Gasteiger partial charge < -0.3 is 4.74 Å². The van der Waals surface area contributed by atoms with Gasteiger partial charge in [-0.25, -0.2) is 4.39 Å². The largest absolute Gasteiger partial charge is 0.434 e. The monoisotopic (exact) mass is 272 g/mol. The number of hydrogen-bond donors (Lipinski definition) is 0. The number of benzene rings is 1. The van der Waals surface area contributed by atoms with Crippen molar-refractivity contribution in [2.75, 3.05) is 0 Å². The second-order valence-corrected chi connectivity index (χ2v) is 3.23. The van der Waals surface area contributed by atoms with E-state index in [-0.39, 0.29) is 6.07 Å². The van der Waals surface area contributed by atoms with E-state index in [0.29, 0.717) is 6.07 Å². The fraction of sp³-hybridized carbons (Fsp3) is 0.300. The van der Waals surface area contributed by atoms with Gasteiger partial charge in [0.15, 0.2) is 5.78 Å². The molecule has 0 saturated carbocycles. The lowest BCUT2D eigenvalue weighted by Crippen LogP contribution is -2.14. The van der Waals surface area contributed by atoms with Crippen molar-refractivity contribution in [3.8, 4) is 5.75 Å². The minimum atomic E-state index is -5.03. The van der Waals surface area contributed by atoms with Gasteiger partial charge in [-0.1, -0.05) is 0 Å². The van der Waals surface area contributed by atoms with Gasteiger partial charge in [0.1, 0.15) is 11.6 Å². The van der Waals surface area contributed by atoms with Crippen LogP contribution in [0, 0.1) is 5.82 Å². The van der Waals surface area contributed by atoms with Crippen LogP contribution >= 0.6 is 0 Å². The van der Waals surface area contributed by atoms with Gasteiger partial charge in [0, 0.05) is 0 Å². The fourth-order valence-corrected chi connectivity index (χ4v) is 1.30. The molecule has 0 saturated heterocycles. The van der Waals surface area contributed by atoms with E-state index in [1.54, 1.807) is 0 Å². The quantitative estimate of drug-likeness (QED) is 0.620. The Hall–Kier alpha value is -1.73. The summed E-state index contributed by atoms with van der Waals surface area (Å²) < 4.78 is 78.2. The first-order valence-corrected chi connectivity index (χ1v) is 4.50. The van der Waals surface area contributed by atoms with Gasteiger partial charge in [0.2, 0.25) is 0 Å². The smallest absolute Gasteiger partial charge is 0.419 e. The van der Waals surface area contributed by atoms with Crippen molar-refractivity contribution in [2.24, 2.45) is 0 Å². The van der Waals surface area contributed by atoms with Crippen LogP contribution in [0.3, 0.4) is 0 Å². The summed E-state index contributed by atoms with van der Waals surface area (Å²) in [5.74, 6) is -4.00. The number of Topliss-reactive ketones (excluding diaryl/α,β-unsaturated/α-hetero) is 1. The number of ether oxygens (including phenoxy) is 1. The Morgan fingerprint density at radius 3 is 2.22 bits per heavy atom. The molecule has 0 aromatic heterocycles. The summed E-state index contributed by atoms with van der Waals surface area (Å²) in [6.07, 6.45) is -5.03. The van der Waals surface area contributed by atoms with Crippen molar-refractivity contribution in [3.63, 3.8) is 0 Å². The van der Waals surface area contributed by atoms with Crippen LogP contribution in [0.2, 0.25) is 0 Å². The lowest BCUT2D eigenvalue weighted by atomic mass is 10.0. The van der Waals surface area contributed by atoms with Gasteiger partial charge in [-0.05, 0) is 19.1 Å². The summed E-state index contributed by atoms with van der Waals surface area (Å²) in [6.45, 7) is -2.63. The molecular formula is C10H6F6O2. The third kappa shape index (κ3) is 2.93. The Morgan fingerprint density at radius 2 is 1.83 bits per heavy atom. The van der Waals surface area contributed by atoms with Crippen molar-refractivity contribution in [1.82, 2.24) is 0 Å². The number of ketones is 1. The molecule has 0 radical (unpaired) electrons. The summed E-state index contributed by atoms with van der Waals surface area (Å²) >= 11 is 0. The van der Waals surface area contributed by atoms with Crippen LogP contribution in [-0.4, -0.2) is 12.4 Å². The highest BCUT2D eigenvalue weighted by Gasteiger charge is 2.36. The first-order chi connectivity index (χ1) is 8.14. The number of rotatable bonds is 3. The maximum absolute atomic E-state index is 13.5.